The Morgan fingerprint density at radius 1 is 0.651 bits per heavy atom. The van der Waals surface area contributed by atoms with Gasteiger partial charge in [-0.15, -0.1) is 0 Å². The third-order valence-corrected chi connectivity index (χ3v) is 10.1. The minimum absolute atomic E-state index is 0.128. The zero-order valence-electron chi connectivity index (χ0n) is 26.6. The lowest BCUT2D eigenvalue weighted by Gasteiger charge is -2.16. The van der Waals surface area contributed by atoms with E-state index in [9.17, 15) is 20.1 Å². The van der Waals surface area contributed by atoms with Gasteiger partial charge in [-0.3, -0.25) is 0 Å². The van der Waals surface area contributed by atoms with Gasteiger partial charge in [-0.25, -0.2) is 0 Å². The van der Waals surface area contributed by atoms with Crippen LogP contribution in [0.2, 0.25) is 0 Å². The highest BCUT2D eigenvalue weighted by molar-refractivity contribution is 8.24. The molecule has 1 aromatic carbocycles. The van der Waals surface area contributed by atoms with Crippen LogP contribution in [-0.2, 0) is 9.59 Å². The molecule has 0 fully saturated rings. The molecule has 1 aromatic rings. The second kappa shape index (κ2) is 22.1. The van der Waals surface area contributed by atoms with Crippen molar-refractivity contribution >= 4 is 35.1 Å². The predicted molar refractivity (Wildman–Crippen MR) is 177 cm³/mol. The van der Waals surface area contributed by atoms with E-state index in [-0.39, 0.29) is 17.1 Å². The average molecular weight is 627 g/mol. The number of Topliss-reactive ketones (excluding diaryl/α,β-unsaturated/α-hetero) is 2. The molecule has 0 aliphatic carbocycles. The summed E-state index contributed by atoms with van der Waals surface area (Å²) in [6.45, 7) is 6.63. The fourth-order valence-corrected chi connectivity index (χ4v) is 7.64. The molecule has 6 nitrogen and oxygen atoms in total. The summed E-state index contributed by atoms with van der Waals surface area (Å²) in [5.41, 5.74) is 1.14. The van der Waals surface area contributed by atoms with Crippen LogP contribution in [0.25, 0.3) is 0 Å². The van der Waals surface area contributed by atoms with Crippen LogP contribution in [-0.4, -0.2) is 24.8 Å². The number of hydrogen-bond acceptors (Lipinski definition) is 8. The first-order chi connectivity index (χ1) is 20.9. The lowest BCUT2D eigenvalue weighted by atomic mass is 10.1. The maximum atomic E-state index is 11.0. The van der Waals surface area contributed by atoms with Gasteiger partial charge in [-0.1, -0.05) is 101 Å². The number of ketones is 2. The van der Waals surface area contributed by atoms with Crippen LogP contribution in [0.5, 0.6) is 11.5 Å². The zero-order chi connectivity index (χ0) is 31.3. The molecule has 8 heteroatoms. The summed E-state index contributed by atoms with van der Waals surface area (Å²) in [6, 6.07) is 6.10. The normalized spacial score (nSPS) is 12.0. The van der Waals surface area contributed by atoms with Gasteiger partial charge in [0.1, 0.15) is 40.8 Å². The monoisotopic (exact) mass is 626 g/mol. The standard InChI is InChI=1S/C35H50N2O4S2/c1-27-24-31(40-22-18-14-10-6-4-8-12-16-20-28(2)38)33-34(43-35(42-33)30(25-36)26-37)32(27)41-23-19-15-11-7-5-9-13-17-21-29(3)39/h24H,4-23H2,1-3H3. The summed E-state index contributed by atoms with van der Waals surface area (Å²) < 4.78 is 13.2. The summed E-state index contributed by atoms with van der Waals surface area (Å²) in [5.74, 6) is 2.21. The second-order valence-electron chi connectivity index (χ2n) is 11.5. The first kappa shape index (κ1) is 36.8. The number of fused-ring (bicyclic) bond motifs is 1. The Morgan fingerprint density at radius 3 is 1.53 bits per heavy atom. The molecule has 0 amide bonds. The maximum absolute atomic E-state index is 11.0. The average Bonchev–Trinajstić information content (AvgIpc) is 3.41. The van der Waals surface area contributed by atoms with Gasteiger partial charge < -0.3 is 19.1 Å². The summed E-state index contributed by atoms with van der Waals surface area (Å²) in [4.78, 5) is 23.9. The number of rotatable bonds is 24. The van der Waals surface area contributed by atoms with Gasteiger partial charge in [-0.05, 0) is 58.1 Å². The number of benzene rings is 1. The topological polar surface area (TPSA) is 100 Å². The van der Waals surface area contributed by atoms with Crippen LogP contribution in [0.4, 0.5) is 0 Å². The van der Waals surface area contributed by atoms with Crippen molar-refractivity contribution in [2.24, 2.45) is 0 Å². The fraction of sp³-hybridized carbons (Fsp3) is 0.657. The van der Waals surface area contributed by atoms with Crippen molar-refractivity contribution < 1.29 is 19.1 Å². The Labute approximate surface area is 268 Å². The van der Waals surface area contributed by atoms with Crippen LogP contribution in [0.1, 0.15) is 135 Å². The predicted octanol–water partition coefficient (Wildman–Crippen LogP) is 10.4. The number of ether oxygens (including phenoxy) is 2. The van der Waals surface area contributed by atoms with Crippen molar-refractivity contribution in [2.45, 2.75) is 146 Å². The highest BCUT2D eigenvalue weighted by Gasteiger charge is 2.30. The van der Waals surface area contributed by atoms with E-state index in [1.807, 2.05) is 25.1 Å². The van der Waals surface area contributed by atoms with E-state index in [1.165, 1.54) is 74.9 Å². The Kier molecular flexibility index (Phi) is 18.9. The van der Waals surface area contributed by atoms with Crippen LogP contribution in [0.15, 0.2) is 25.7 Å². The maximum Gasteiger partial charge on any atom is 0.150 e. The number of nitrogens with zero attached hydrogens (tertiary/aromatic N) is 2. The van der Waals surface area contributed by atoms with Gasteiger partial charge in [0.25, 0.3) is 0 Å². The van der Waals surface area contributed by atoms with E-state index in [2.05, 4.69) is 0 Å². The van der Waals surface area contributed by atoms with Crippen molar-refractivity contribution in [3.63, 3.8) is 0 Å². The van der Waals surface area contributed by atoms with Crippen LogP contribution in [0.3, 0.4) is 0 Å². The van der Waals surface area contributed by atoms with E-state index in [0.717, 1.165) is 78.2 Å². The van der Waals surface area contributed by atoms with Crippen molar-refractivity contribution in [1.29, 1.82) is 10.5 Å². The molecule has 0 spiro atoms. The molecule has 0 saturated carbocycles. The minimum Gasteiger partial charge on any atom is -0.492 e. The van der Waals surface area contributed by atoms with Gasteiger partial charge >= 0.3 is 0 Å². The minimum atomic E-state index is 0.128. The largest absolute Gasteiger partial charge is 0.492 e. The molecule has 0 atom stereocenters. The molecule has 0 bridgehead atoms. The van der Waals surface area contributed by atoms with Crippen LogP contribution < -0.4 is 9.47 Å². The summed E-state index contributed by atoms with van der Waals surface area (Å²) >= 11 is 2.88. The Bertz CT molecular complexity index is 1130. The molecule has 0 radical (unpaired) electrons. The molecular formula is C35H50N2O4S2. The van der Waals surface area contributed by atoms with Crippen LogP contribution >= 0.6 is 23.5 Å². The first-order valence-electron chi connectivity index (χ1n) is 16.2. The van der Waals surface area contributed by atoms with Crippen molar-refractivity contribution in [3.8, 4) is 23.6 Å². The Balaban J connectivity index is 1.81. The number of thioether (sulfide) groups is 2. The molecule has 1 aliphatic rings. The SMILES string of the molecule is CC(=O)CCCCCCCCCCOc1cc(C)c(OCCCCCCCCCCC(C)=O)c2c1SC(=C(C#N)C#N)S2. The molecule has 0 saturated heterocycles. The van der Waals surface area contributed by atoms with Gasteiger partial charge in [0, 0.05) is 12.8 Å². The lowest BCUT2D eigenvalue weighted by Crippen LogP contribution is -2.03. The molecule has 2 rings (SSSR count). The summed E-state index contributed by atoms with van der Waals surface area (Å²) in [7, 11) is 0. The molecule has 0 N–H and O–H groups in total. The number of carbonyl (C=O) groups excluding carboxylic acids is 2. The van der Waals surface area contributed by atoms with Gasteiger partial charge in [-0.2, -0.15) is 10.5 Å². The van der Waals surface area contributed by atoms with Gasteiger partial charge in [0.05, 0.1) is 27.2 Å². The summed E-state index contributed by atoms with van der Waals surface area (Å²) in [5, 5.41) is 18.9. The lowest BCUT2D eigenvalue weighted by molar-refractivity contribution is -0.117. The Hall–Kier alpha value is -2.42. The summed E-state index contributed by atoms with van der Waals surface area (Å²) in [6.07, 6.45) is 19.6. The zero-order valence-corrected chi connectivity index (χ0v) is 28.2. The highest BCUT2D eigenvalue weighted by atomic mass is 32.2. The van der Waals surface area contributed by atoms with E-state index in [0.29, 0.717) is 30.3 Å². The Morgan fingerprint density at radius 2 is 1.07 bits per heavy atom. The molecule has 1 heterocycles. The molecule has 0 aromatic heterocycles. The first-order valence-corrected chi connectivity index (χ1v) is 17.8. The van der Waals surface area contributed by atoms with Gasteiger partial charge in [0.15, 0.2) is 0 Å². The molecular weight excluding hydrogens is 577 g/mol. The number of aryl methyl sites for hydroxylation is 1. The molecule has 1 aliphatic heterocycles. The third kappa shape index (κ3) is 14.7. The number of allylic oxidation sites excluding steroid dienone is 1. The smallest absolute Gasteiger partial charge is 0.150 e. The van der Waals surface area contributed by atoms with E-state index in [4.69, 9.17) is 9.47 Å². The quantitative estimate of drug-likeness (QED) is 0.0825. The van der Waals surface area contributed by atoms with E-state index in [1.54, 1.807) is 13.8 Å². The fourth-order valence-electron chi connectivity index (χ4n) is 5.05. The van der Waals surface area contributed by atoms with Gasteiger partial charge in [0.2, 0.25) is 0 Å². The number of nitriles is 2. The van der Waals surface area contributed by atoms with E-state index >= 15 is 0 Å². The highest BCUT2D eigenvalue weighted by Crippen LogP contribution is 2.59. The molecule has 43 heavy (non-hydrogen) atoms. The van der Waals surface area contributed by atoms with Crippen molar-refractivity contribution in [1.82, 2.24) is 0 Å². The molecule has 236 valence electrons. The molecule has 0 unspecified atom stereocenters. The van der Waals surface area contributed by atoms with E-state index < -0.39 is 0 Å². The number of hydrogen-bond donors (Lipinski definition) is 0. The van der Waals surface area contributed by atoms with Crippen molar-refractivity contribution in [3.05, 3.63) is 21.4 Å². The second-order valence-corrected chi connectivity index (χ2v) is 13.8. The number of carbonyl (C=O) groups is 2. The third-order valence-electron chi connectivity index (χ3n) is 7.51. The van der Waals surface area contributed by atoms with Crippen LogP contribution in [0, 0.1) is 29.6 Å². The van der Waals surface area contributed by atoms with Crippen molar-refractivity contribution in [2.75, 3.05) is 13.2 Å². The number of unbranched alkanes of at least 4 members (excludes halogenated alkanes) is 14.